The summed E-state index contributed by atoms with van der Waals surface area (Å²) in [6.07, 6.45) is 61.3. The molecule has 1 atom stereocenters. The van der Waals surface area contributed by atoms with E-state index in [0.29, 0.717) is 19.3 Å². The van der Waals surface area contributed by atoms with Crippen molar-refractivity contribution in [1.29, 1.82) is 0 Å². The SMILES string of the molecule is CCCC/C=C\CCCCCCCC(=O)OCC(COC(=O)CCCCCCCCC/C=C\CCCCCCCCCC)OC(=O)CCCCCCCCC/C=C\CCCCCC. The molecule has 0 aromatic rings. The first-order valence-corrected chi connectivity index (χ1v) is 27.5. The summed E-state index contributed by atoms with van der Waals surface area (Å²) in [5, 5.41) is 0. The van der Waals surface area contributed by atoms with Crippen molar-refractivity contribution >= 4 is 17.9 Å². The minimum absolute atomic E-state index is 0.0770. The van der Waals surface area contributed by atoms with Crippen molar-refractivity contribution in [3.63, 3.8) is 0 Å². The van der Waals surface area contributed by atoms with Crippen LogP contribution < -0.4 is 0 Å². The lowest BCUT2D eigenvalue weighted by atomic mass is 10.1. The molecule has 0 saturated carbocycles. The maximum Gasteiger partial charge on any atom is 0.306 e. The zero-order valence-electron chi connectivity index (χ0n) is 42.1. The summed E-state index contributed by atoms with van der Waals surface area (Å²) in [6, 6.07) is 0. The molecule has 0 N–H and O–H groups in total. The van der Waals surface area contributed by atoms with E-state index in [-0.39, 0.29) is 31.1 Å². The number of hydrogen-bond acceptors (Lipinski definition) is 6. The Bertz CT molecular complexity index is 1060. The highest BCUT2D eigenvalue weighted by molar-refractivity contribution is 5.71. The zero-order valence-corrected chi connectivity index (χ0v) is 42.1. The molecule has 0 heterocycles. The molecule has 0 saturated heterocycles. The number of carbonyl (C=O) groups excluding carboxylic acids is 3. The maximum absolute atomic E-state index is 12.8. The van der Waals surface area contributed by atoms with Crippen LogP contribution in [0.15, 0.2) is 36.5 Å². The highest BCUT2D eigenvalue weighted by Crippen LogP contribution is 2.15. The van der Waals surface area contributed by atoms with Gasteiger partial charge in [0.2, 0.25) is 0 Å². The average Bonchev–Trinajstić information content (AvgIpc) is 3.28. The van der Waals surface area contributed by atoms with E-state index in [1.807, 2.05) is 0 Å². The van der Waals surface area contributed by atoms with Crippen LogP contribution in [0.3, 0.4) is 0 Å². The normalized spacial score (nSPS) is 12.2. The topological polar surface area (TPSA) is 78.9 Å². The first-order chi connectivity index (χ1) is 31.0. The Morgan fingerprint density at radius 3 is 0.857 bits per heavy atom. The minimum atomic E-state index is -0.777. The van der Waals surface area contributed by atoms with Crippen LogP contribution >= 0.6 is 0 Å². The van der Waals surface area contributed by atoms with Crippen LogP contribution in [0.25, 0.3) is 0 Å². The maximum atomic E-state index is 12.8. The van der Waals surface area contributed by atoms with Gasteiger partial charge in [0.1, 0.15) is 13.2 Å². The molecular weight excluding hydrogens is 781 g/mol. The largest absolute Gasteiger partial charge is 0.462 e. The highest BCUT2D eigenvalue weighted by atomic mass is 16.6. The van der Waals surface area contributed by atoms with E-state index in [4.69, 9.17) is 14.2 Å². The summed E-state index contributed by atoms with van der Waals surface area (Å²) in [7, 11) is 0. The molecule has 0 bridgehead atoms. The van der Waals surface area contributed by atoms with Crippen LogP contribution in [0.1, 0.15) is 290 Å². The molecule has 0 aliphatic heterocycles. The predicted octanol–water partition coefficient (Wildman–Crippen LogP) is 18.1. The molecule has 0 aromatic heterocycles. The Hall–Kier alpha value is -2.37. The fourth-order valence-electron chi connectivity index (χ4n) is 7.88. The van der Waals surface area contributed by atoms with Gasteiger partial charge in [0, 0.05) is 19.3 Å². The zero-order chi connectivity index (χ0) is 45.8. The number of ether oxygens (including phenoxy) is 3. The standard InChI is InChI=1S/C57H104O6/c1-4-7-10-13-16-19-22-24-26-27-28-29-31-32-35-38-41-44-47-50-56(59)62-53-54(52-61-55(58)49-46-43-40-37-34-21-18-15-12-9-6-3)63-57(60)51-48-45-42-39-36-33-30-25-23-20-17-14-11-8-5-2/h15,18,20,23,27-28,54H,4-14,16-17,19,21-22,24-26,29-53H2,1-3H3/b18-15-,23-20-,28-27-. The molecule has 0 aliphatic rings. The molecule has 0 aromatic carbocycles. The van der Waals surface area contributed by atoms with E-state index in [0.717, 1.165) is 64.2 Å². The Morgan fingerprint density at radius 1 is 0.302 bits per heavy atom. The third-order valence-corrected chi connectivity index (χ3v) is 12.1. The van der Waals surface area contributed by atoms with Crippen molar-refractivity contribution < 1.29 is 28.6 Å². The molecule has 6 heteroatoms. The van der Waals surface area contributed by atoms with Crippen molar-refractivity contribution in [2.45, 2.75) is 297 Å². The lowest BCUT2D eigenvalue weighted by Gasteiger charge is -2.18. The summed E-state index contributed by atoms with van der Waals surface area (Å²) in [6.45, 7) is 6.60. The summed E-state index contributed by atoms with van der Waals surface area (Å²) in [5.74, 6) is -0.884. The van der Waals surface area contributed by atoms with Crippen LogP contribution in [0, 0.1) is 0 Å². The van der Waals surface area contributed by atoms with Crippen LogP contribution in [0.5, 0.6) is 0 Å². The molecule has 368 valence electrons. The van der Waals surface area contributed by atoms with Gasteiger partial charge in [-0.2, -0.15) is 0 Å². The van der Waals surface area contributed by atoms with Crippen molar-refractivity contribution in [2.24, 2.45) is 0 Å². The number of esters is 3. The molecule has 0 aliphatic carbocycles. The summed E-state index contributed by atoms with van der Waals surface area (Å²) in [4.78, 5) is 38.0. The lowest BCUT2D eigenvalue weighted by Crippen LogP contribution is -2.30. The first-order valence-electron chi connectivity index (χ1n) is 27.5. The smallest absolute Gasteiger partial charge is 0.306 e. The Labute approximate surface area is 391 Å². The molecule has 0 rings (SSSR count). The van der Waals surface area contributed by atoms with Crippen LogP contribution in [-0.2, 0) is 28.6 Å². The highest BCUT2D eigenvalue weighted by Gasteiger charge is 2.19. The summed E-state index contributed by atoms with van der Waals surface area (Å²) in [5.41, 5.74) is 0. The van der Waals surface area contributed by atoms with Gasteiger partial charge in [-0.15, -0.1) is 0 Å². The van der Waals surface area contributed by atoms with E-state index < -0.39 is 6.10 Å². The fraction of sp³-hybridized carbons (Fsp3) is 0.842. The van der Waals surface area contributed by atoms with Crippen molar-refractivity contribution in [3.8, 4) is 0 Å². The monoisotopic (exact) mass is 885 g/mol. The molecule has 0 amide bonds. The van der Waals surface area contributed by atoms with E-state index in [2.05, 4.69) is 57.2 Å². The van der Waals surface area contributed by atoms with Crippen LogP contribution in [0.2, 0.25) is 0 Å². The molecule has 1 unspecified atom stereocenters. The van der Waals surface area contributed by atoms with Gasteiger partial charge in [-0.3, -0.25) is 14.4 Å². The van der Waals surface area contributed by atoms with Gasteiger partial charge < -0.3 is 14.2 Å². The van der Waals surface area contributed by atoms with E-state index in [1.165, 1.54) is 186 Å². The molecule has 63 heavy (non-hydrogen) atoms. The average molecular weight is 885 g/mol. The van der Waals surface area contributed by atoms with Crippen LogP contribution in [0.4, 0.5) is 0 Å². The lowest BCUT2D eigenvalue weighted by molar-refractivity contribution is -0.167. The Morgan fingerprint density at radius 2 is 0.540 bits per heavy atom. The van der Waals surface area contributed by atoms with E-state index in [1.54, 1.807) is 0 Å². The molecule has 0 fully saturated rings. The summed E-state index contributed by atoms with van der Waals surface area (Å²) >= 11 is 0. The number of unbranched alkanes of at least 4 members (excludes halogenated alkanes) is 33. The molecular formula is C57H104O6. The first kappa shape index (κ1) is 60.6. The second kappa shape index (κ2) is 52.3. The van der Waals surface area contributed by atoms with E-state index >= 15 is 0 Å². The van der Waals surface area contributed by atoms with Gasteiger partial charge >= 0.3 is 17.9 Å². The van der Waals surface area contributed by atoms with Gasteiger partial charge in [0.15, 0.2) is 6.10 Å². The third-order valence-electron chi connectivity index (χ3n) is 12.1. The fourth-order valence-corrected chi connectivity index (χ4v) is 7.88. The van der Waals surface area contributed by atoms with E-state index in [9.17, 15) is 14.4 Å². The van der Waals surface area contributed by atoms with Crippen molar-refractivity contribution in [1.82, 2.24) is 0 Å². The second-order valence-corrected chi connectivity index (χ2v) is 18.5. The number of carbonyl (C=O) groups is 3. The second-order valence-electron chi connectivity index (χ2n) is 18.5. The Kier molecular flexibility index (Phi) is 50.3. The van der Waals surface area contributed by atoms with Gasteiger partial charge in [0.25, 0.3) is 0 Å². The van der Waals surface area contributed by atoms with Gasteiger partial charge in [0.05, 0.1) is 0 Å². The van der Waals surface area contributed by atoms with Crippen LogP contribution in [-0.4, -0.2) is 37.2 Å². The number of rotatable bonds is 50. The van der Waals surface area contributed by atoms with Gasteiger partial charge in [-0.05, 0) is 89.9 Å². The molecule has 0 radical (unpaired) electrons. The summed E-state index contributed by atoms with van der Waals surface area (Å²) < 4.78 is 16.8. The third kappa shape index (κ3) is 50.5. The van der Waals surface area contributed by atoms with Crippen molar-refractivity contribution in [2.75, 3.05) is 13.2 Å². The Balaban J connectivity index is 4.32. The van der Waals surface area contributed by atoms with Gasteiger partial charge in [-0.25, -0.2) is 0 Å². The number of hydrogen-bond donors (Lipinski definition) is 0. The molecule has 0 spiro atoms. The molecule has 6 nitrogen and oxygen atoms in total. The quantitative estimate of drug-likeness (QED) is 0.0262. The minimum Gasteiger partial charge on any atom is -0.462 e. The number of allylic oxidation sites excluding steroid dienone is 6. The predicted molar refractivity (Wildman–Crippen MR) is 270 cm³/mol. The van der Waals surface area contributed by atoms with Gasteiger partial charge in [-0.1, -0.05) is 218 Å². The van der Waals surface area contributed by atoms with Crippen molar-refractivity contribution in [3.05, 3.63) is 36.5 Å².